The van der Waals surface area contributed by atoms with Crippen LogP contribution in [0, 0.1) is 81.4 Å². The van der Waals surface area contributed by atoms with Gasteiger partial charge in [-0.1, -0.05) is 24.8 Å². The molecule has 0 saturated carbocycles. The summed E-state index contributed by atoms with van der Waals surface area (Å²) < 4.78 is 234. The van der Waals surface area contributed by atoms with Crippen LogP contribution in [0.4, 0.5) is 65.8 Å². The number of benzene rings is 3. The molecule has 1 atom stereocenters. The summed E-state index contributed by atoms with van der Waals surface area (Å²) in [5, 5.41) is -1.24. The van der Waals surface area contributed by atoms with Gasteiger partial charge in [-0.3, -0.25) is 0 Å². The van der Waals surface area contributed by atoms with Crippen molar-refractivity contribution in [3.05, 3.63) is 92.6 Å². The van der Waals surface area contributed by atoms with E-state index in [0.717, 1.165) is 13.8 Å². The Hall–Kier alpha value is -3.16. The van der Waals surface area contributed by atoms with E-state index >= 15 is 39.4 Å². The monoisotopic (exact) mass is 754 g/mol. The van der Waals surface area contributed by atoms with Crippen LogP contribution < -0.4 is 16.2 Å². The largest absolute Gasteiger partial charge is 0.498 e. The Morgan fingerprint density at radius 1 is 0.440 bits per heavy atom. The summed E-state index contributed by atoms with van der Waals surface area (Å²) in [5.74, 6) is -40.0. The number of allylic oxidation sites excluding steroid dienone is 1. The molecule has 0 radical (unpaired) electrons. The summed E-state index contributed by atoms with van der Waals surface area (Å²) in [6.07, 6.45) is -8.05. The summed E-state index contributed by atoms with van der Waals surface area (Å²) in [7, 11) is -3.46. The minimum atomic E-state index is -6.48. The van der Waals surface area contributed by atoms with Crippen LogP contribution in [0.3, 0.4) is 0 Å². The van der Waals surface area contributed by atoms with Crippen molar-refractivity contribution in [2.24, 2.45) is 0 Å². The van der Waals surface area contributed by atoms with Gasteiger partial charge in [0.05, 0.1) is 24.2 Å². The van der Waals surface area contributed by atoms with E-state index in [9.17, 15) is 26.3 Å². The topological polar surface area (TPSA) is 0 Å². The van der Waals surface area contributed by atoms with Crippen LogP contribution in [-0.4, -0.2) is 23.4 Å². The molecule has 0 N–H and O–H groups in total. The predicted octanol–water partition coefficient (Wildman–Crippen LogP) is 10.3. The molecule has 17 heteroatoms. The third-order valence-corrected chi connectivity index (χ3v) is 15.7. The van der Waals surface area contributed by atoms with Crippen LogP contribution in [0.1, 0.15) is 73.8 Å². The average Bonchev–Trinajstić information content (AvgIpc) is 3.04. The molecule has 276 valence electrons. The van der Waals surface area contributed by atoms with Gasteiger partial charge in [0.1, 0.15) is 23.3 Å². The predicted molar refractivity (Wildman–Crippen MR) is 164 cm³/mol. The van der Waals surface area contributed by atoms with Gasteiger partial charge in [-0.2, -0.15) is 14.3 Å². The van der Waals surface area contributed by atoms with Crippen LogP contribution in [0.25, 0.3) is 5.47 Å². The number of hydrogen-bond acceptors (Lipinski definition) is 0. The van der Waals surface area contributed by atoms with Crippen molar-refractivity contribution in [2.45, 2.75) is 85.2 Å². The Kier molecular flexibility index (Phi) is 11.9. The normalized spacial score (nSPS) is 13.6. The highest BCUT2D eigenvalue weighted by atomic mass is 31.2. The molecule has 50 heavy (non-hydrogen) atoms. The van der Waals surface area contributed by atoms with Crippen LogP contribution in [0.5, 0.6) is 0 Å². The Morgan fingerprint density at radius 3 is 0.980 bits per heavy atom. The fourth-order valence-electron chi connectivity index (χ4n) is 7.42. The van der Waals surface area contributed by atoms with Gasteiger partial charge < -0.3 is 4.32 Å². The Labute approximate surface area is 279 Å². The molecule has 0 saturated heterocycles. The Morgan fingerprint density at radius 2 is 0.700 bits per heavy atom. The third kappa shape index (κ3) is 5.71. The maximum atomic E-state index is 18.3. The molecule has 0 aliphatic carbocycles. The highest BCUT2D eigenvalue weighted by Gasteiger charge is 2.56. The summed E-state index contributed by atoms with van der Waals surface area (Å²) >= 11 is 0. The first-order valence-corrected chi connectivity index (χ1v) is 17.3. The van der Waals surface area contributed by atoms with Crippen molar-refractivity contribution >= 4 is 35.4 Å². The molecule has 3 rings (SSSR count). The summed E-state index contributed by atoms with van der Waals surface area (Å²) in [5.41, 5.74) is -13.4. The first-order chi connectivity index (χ1) is 23.0. The standard InChI is InChI=1S/C33H31BF15P/c1-9-14(10-2)16(15-19(35)25(41)29(45)26(42)20(15)36)34(49,17-21(37)27(43)30(46)28(44)22(17)38)18-23(39)31(47)33(32(48)24(18)40)50(11(3)4,12(5)6)13(7)8/h11-13H,9-10H2,1-8H3/t34-/m0/s1. The smallest absolute Gasteiger partial charge is 0.246 e. The van der Waals surface area contributed by atoms with Crippen molar-refractivity contribution in [3.63, 3.8) is 0 Å². The lowest BCUT2D eigenvalue weighted by Gasteiger charge is -2.42. The molecule has 0 amide bonds. The molecule has 0 aromatic heterocycles. The van der Waals surface area contributed by atoms with Crippen LogP contribution in [-0.2, 0) is 0 Å². The van der Waals surface area contributed by atoms with Gasteiger partial charge in [-0.25, -0.2) is 52.7 Å². The SMILES string of the molecule is CCC(CC)=C(c1c(F)c(F)c(F)c(F)c1F)[B@-](F)(c1c(F)c(F)c(F)c(F)c1F)c1c(F)c(F)c([P+](C(C)C)(C(C)C)C(C)C)c(F)c1F. The van der Waals surface area contributed by atoms with E-state index in [1.165, 1.54) is 41.5 Å². The van der Waals surface area contributed by atoms with E-state index in [4.69, 9.17) is 0 Å². The lowest BCUT2D eigenvalue weighted by Crippen LogP contribution is -2.63. The molecule has 0 fully saturated rings. The summed E-state index contributed by atoms with van der Waals surface area (Å²) in [6, 6.07) is 0. The molecule has 0 heterocycles. The molecule has 0 nitrogen and oxygen atoms in total. The first-order valence-electron chi connectivity index (χ1n) is 15.3. The van der Waals surface area contributed by atoms with E-state index < -0.39 is 158 Å². The number of hydrogen-bond donors (Lipinski definition) is 0. The minimum Gasteiger partial charge on any atom is -0.498 e. The van der Waals surface area contributed by atoms with Gasteiger partial charge in [0.25, 0.3) is 0 Å². The Bertz CT molecular complexity index is 1770. The van der Waals surface area contributed by atoms with Gasteiger partial charge in [-0.15, -0.1) is 5.57 Å². The molecule has 0 aliphatic heterocycles. The van der Waals surface area contributed by atoms with E-state index in [1.54, 1.807) is 0 Å². The molecular weight excluding hydrogens is 723 g/mol. The van der Waals surface area contributed by atoms with Gasteiger partial charge >= 0.3 is 0 Å². The summed E-state index contributed by atoms with van der Waals surface area (Å²) in [4.78, 5) is 0. The second kappa shape index (κ2) is 14.5. The lowest BCUT2D eigenvalue weighted by molar-refractivity contribution is 0.376. The summed E-state index contributed by atoms with van der Waals surface area (Å²) in [6.45, 7) is 10.8. The quantitative estimate of drug-likeness (QED) is 0.0636. The zero-order chi connectivity index (χ0) is 38.7. The van der Waals surface area contributed by atoms with Gasteiger partial charge in [0.2, 0.25) is 23.9 Å². The van der Waals surface area contributed by atoms with E-state index in [-0.39, 0.29) is 0 Å². The first kappa shape index (κ1) is 41.3. The molecule has 0 unspecified atom stereocenters. The highest BCUT2D eigenvalue weighted by molar-refractivity contribution is 7.84. The van der Waals surface area contributed by atoms with E-state index in [2.05, 4.69) is 0 Å². The number of halogens is 15. The van der Waals surface area contributed by atoms with Crippen LogP contribution in [0.15, 0.2) is 5.57 Å². The van der Waals surface area contributed by atoms with Crippen LogP contribution >= 0.6 is 7.26 Å². The van der Waals surface area contributed by atoms with Crippen molar-refractivity contribution in [1.29, 1.82) is 0 Å². The molecule has 3 aromatic carbocycles. The fraction of sp³-hybridized carbons (Fsp3) is 0.394. The second-order valence-corrected chi connectivity index (χ2v) is 17.8. The van der Waals surface area contributed by atoms with Crippen LogP contribution in [0.2, 0.25) is 0 Å². The lowest BCUT2D eigenvalue weighted by atomic mass is 9.28. The van der Waals surface area contributed by atoms with Crippen molar-refractivity contribution in [2.75, 3.05) is 0 Å². The molecule has 0 aliphatic rings. The molecular formula is C33H31BF15P. The van der Waals surface area contributed by atoms with E-state index in [0.29, 0.717) is 0 Å². The fourth-order valence-corrected chi connectivity index (χ4v) is 13.4. The van der Waals surface area contributed by atoms with Crippen molar-refractivity contribution in [1.82, 2.24) is 0 Å². The maximum absolute atomic E-state index is 18.3. The maximum Gasteiger partial charge on any atom is 0.246 e. The molecule has 0 bridgehead atoms. The highest BCUT2D eigenvalue weighted by Crippen LogP contribution is 2.69. The Balaban J connectivity index is 2.93. The zero-order valence-corrected chi connectivity index (χ0v) is 28.7. The minimum absolute atomic E-state index is 0.748. The van der Waals surface area contributed by atoms with E-state index in [1.807, 2.05) is 0 Å². The van der Waals surface area contributed by atoms with Crippen molar-refractivity contribution < 1.29 is 65.8 Å². The number of rotatable bonds is 10. The zero-order valence-electron chi connectivity index (χ0n) is 27.8. The van der Waals surface area contributed by atoms with Gasteiger partial charge in [0, 0.05) is 5.56 Å². The molecule has 0 spiro atoms. The molecule has 3 aromatic rings. The van der Waals surface area contributed by atoms with Gasteiger partial charge in [-0.05, 0) is 54.4 Å². The average molecular weight is 754 g/mol. The second-order valence-electron chi connectivity index (χ2n) is 12.5. The van der Waals surface area contributed by atoms with Crippen molar-refractivity contribution in [3.8, 4) is 0 Å². The van der Waals surface area contributed by atoms with Gasteiger partial charge in [0.15, 0.2) is 46.0 Å². The third-order valence-electron chi connectivity index (χ3n) is 9.38.